The molecule has 11 nitrogen and oxygen atoms in total. The Kier molecular flexibility index (Phi) is 10.7. The molecule has 1 amide bonds. The van der Waals surface area contributed by atoms with Crippen LogP contribution in [0.15, 0.2) is 24.3 Å². The van der Waals surface area contributed by atoms with E-state index in [1.165, 1.54) is 0 Å². The molecule has 0 unspecified atom stereocenters. The molecule has 2 rings (SSSR count). The third-order valence-corrected chi connectivity index (χ3v) is 6.42. The van der Waals surface area contributed by atoms with Crippen molar-refractivity contribution in [2.45, 2.75) is 18.6 Å². The number of benzene rings is 2. The van der Waals surface area contributed by atoms with Crippen molar-refractivity contribution in [3.63, 3.8) is 0 Å². The Morgan fingerprint density at radius 3 is 1.48 bits per heavy atom. The van der Waals surface area contributed by atoms with Gasteiger partial charge in [-0.3, -0.25) is 19.1 Å². The molecule has 0 aromatic heterocycles. The summed E-state index contributed by atoms with van der Waals surface area (Å²) in [7, 11) is -7.74. The lowest BCUT2D eigenvalue weighted by Crippen LogP contribution is -2.73. The molecule has 246 valence electrons. The van der Waals surface area contributed by atoms with Crippen LogP contribution in [-0.4, -0.2) is 61.9 Å². The second-order valence-electron chi connectivity index (χ2n) is 7.77. The van der Waals surface area contributed by atoms with Crippen LogP contribution in [0.1, 0.15) is 6.92 Å². The molecule has 2 aromatic rings. The van der Waals surface area contributed by atoms with Crippen LogP contribution >= 0.6 is 7.60 Å². The van der Waals surface area contributed by atoms with E-state index in [9.17, 15) is 63.5 Å². The van der Waals surface area contributed by atoms with Crippen LogP contribution in [0.25, 0.3) is 0 Å². The van der Waals surface area contributed by atoms with Gasteiger partial charge in [0.25, 0.3) is 0 Å². The smallest absolute Gasteiger partial charge is 0.465 e. The zero-order valence-corrected chi connectivity index (χ0v) is 21.7. The number of hydrogen-bond donors (Lipinski definition) is 2. The number of carbonyl (C=O) groups excluding carboxylic acids is 2. The maximum absolute atomic E-state index is 15.8. The first kappa shape index (κ1) is 36.3. The van der Waals surface area contributed by atoms with E-state index in [2.05, 4.69) is 4.74 Å². The number of ether oxygens (including phenoxy) is 1. The number of esters is 1. The van der Waals surface area contributed by atoms with Crippen LogP contribution in [0.4, 0.5) is 68.8 Å². The number of rotatable bonds is 11. The predicted octanol–water partition coefficient (Wildman–Crippen LogP) is 4.55. The van der Waals surface area contributed by atoms with Crippen LogP contribution in [0.3, 0.4) is 0 Å². The quantitative estimate of drug-likeness (QED) is 0.0664. The maximum Gasteiger partial charge on any atom is 0.471 e. The molecule has 0 heterocycles. The zero-order valence-electron chi connectivity index (χ0n) is 20.8. The van der Waals surface area contributed by atoms with Crippen molar-refractivity contribution in [3.05, 3.63) is 59.2 Å². The molecule has 0 spiro atoms. The molecule has 0 bridgehead atoms. The fraction of sp³-hybridized carbons (Fsp3) is 0.263. The molecule has 25 heteroatoms. The van der Waals surface area contributed by atoms with E-state index in [1.54, 1.807) is 0 Å². The van der Waals surface area contributed by atoms with Crippen LogP contribution in [0.5, 0.6) is 0 Å². The molecule has 0 saturated carbocycles. The van der Waals surface area contributed by atoms with Gasteiger partial charge in [0, 0.05) is 10.5 Å². The number of hydrazine groups is 2. The molecule has 2 N–H and O–H groups in total. The third-order valence-electron chi connectivity index (χ3n) is 5.06. The first-order valence-corrected chi connectivity index (χ1v) is 12.4. The first-order chi connectivity index (χ1) is 20.1. The van der Waals surface area contributed by atoms with Gasteiger partial charge in [-0.1, -0.05) is 8.96 Å². The van der Waals surface area contributed by atoms with Crippen molar-refractivity contribution < 1.29 is 86.1 Å². The predicted molar refractivity (Wildman–Crippen MR) is 115 cm³/mol. The Morgan fingerprint density at radius 2 is 1.16 bits per heavy atom. The van der Waals surface area contributed by atoms with Crippen LogP contribution in [0.2, 0.25) is 0 Å². The summed E-state index contributed by atoms with van der Waals surface area (Å²) < 4.78 is 202. The van der Waals surface area contributed by atoms with E-state index in [0.717, 1.165) is 6.92 Å². The van der Waals surface area contributed by atoms with Gasteiger partial charge in [-0.2, -0.15) is 13.2 Å². The summed E-state index contributed by atoms with van der Waals surface area (Å²) in [6.07, 6.45) is -6.57. The van der Waals surface area contributed by atoms with E-state index in [1.807, 2.05) is 0 Å². The third kappa shape index (κ3) is 6.47. The number of hydrogen-bond acceptors (Lipinski definition) is 8. The average molecular weight is 685 g/mol. The second kappa shape index (κ2) is 13.0. The lowest BCUT2D eigenvalue weighted by atomic mass is 10.3. The summed E-state index contributed by atoms with van der Waals surface area (Å²) >= 11 is 0. The van der Waals surface area contributed by atoms with Crippen molar-refractivity contribution in [1.29, 1.82) is 0 Å². The van der Waals surface area contributed by atoms with E-state index < -0.39 is 116 Å². The van der Waals surface area contributed by atoms with E-state index in [4.69, 9.17) is 0 Å². The topological polar surface area (TPSA) is 117 Å². The summed E-state index contributed by atoms with van der Waals surface area (Å²) in [6, 6.07) is -1.10. The lowest BCUT2D eigenvalue weighted by Gasteiger charge is -2.48. The monoisotopic (exact) mass is 685 g/mol. The molecule has 0 radical (unpaired) electrons. The summed E-state index contributed by atoms with van der Waals surface area (Å²) in [4.78, 5) is 42.2. The minimum Gasteiger partial charge on any atom is -0.465 e. The first-order valence-electron chi connectivity index (χ1n) is 10.8. The molecular weight excluding hydrogens is 672 g/mol. The fourth-order valence-electron chi connectivity index (χ4n) is 3.18. The van der Waals surface area contributed by atoms with Gasteiger partial charge in [0.1, 0.15) is 17.9 Å². The summed E-state index contributed by atoms with van der Waals surface area (Å²) in [5.74, 6) is -21.5. The highest BCUT2D eigenvalue weighted by molar-refractivity contribution is 7.53. The van der Waals surface area contributed by atoms with Crippen molar-refractivity contribution in [1.82, 2.24) is 15.4 Å². The summed E-state index contributed by atoms with van der Waals surface area (Å²) in [5, 5.41) is -10.2. The number of nitrogens with zero attached hydrogens (tertiary/aromatic N) is 5. The van der Waals surface area contributed by atoms with Gasteiger partial charge in [-0.15, -0.1) is 19.4 Å². The van der Waals surface area contributed by atoms with Crippen molar-refractivity contribution in [2.24, 2.45) is 0 Å². The molecule has 0 atom stereocenters. The minimum absolute atomic E-state index is 0.226. The van der Waals surface area contributed by atoms with Gasteiger partial charge >= 0.3 is 31.2 Å². The Morgan fingerprint density at radius 1 is 0.773 bits per heavy atom. The molecule has 0 aliphatic heterocycles. The van der Waals surface area contributed by atoms with Gasteiger partial charge in [-0.05, 0) is 31.2 Å². The van der Waals surface area contributed by atoms with Crippen molar-refractivity contribution >= 4 is 30.8 Å². The minimum atomic E-state index is -7.74. The Balaban J connectivity index is 3.08. The molecule has 0 saturated heterocycles. The van der Waals surface area contributed by atoms with E-state index in [-0.39, 0.29) is 24.3 Å². The number of alkyl halides is 3. The van der Waals surface area contributed by atoms with Crippen molar-refractivity contribution in [3.8, 4) is 0 Å². The average Bonchev–Trinajstić information content (AvgIpc) is 2.92. The Hall–Kier alpha value is -3.86. The fourth-order valence-corrected chi connectivity index (χ4v) is 4.25. The summed E-state index contributed by atoms with van der Waals surface area (Å²) in [6.45, 7) is -2.60. The molecular formula is C19H13F13N5O6P. The second-order valence-corrected chi connectivity index (χ2v) is 9.46. The van der Waals surface area contributed by atoms with Gasteiger partial charge < -0.3 is 14.5 Å². The van der Waals surface area contributed by atoms with E-state index >= 15 is 17.9 Å². The SMILES string of the molecule is CCOC(=O)CN(C(=O)C(F)(F)F)C(N(F)N(F)c1ccc(F)c(F)c1F)(N(F)N(F)c1ccc(F)c(F)c1F)P(=O)(O)O. The molecule has 2 aromatic carbocycles. The number of anilines is 2. The Bertz CT molecular complexity index is 1390. The zero-order chi connectivity index (χ0) is 34.1. The number of amides is 1. The standard InChI is InChI=1S/C19H13F13N5O6P/c1-2-43-12(38)7-33(17(39)18(26,27)28)19(44(40,41)42,36(31)34(29)10-5-3-8(20)13(22)15(10)24)37(32)35(30)11-6-4-9(21)14(23)16(11)25/h3-6H,2,7H2,1H3,(H2,40,41,42). The Labute approximate surface area is 234 Å². The van der Waals surface area contributed by atoms with Gasteiger partial charge in [-0.25, -0.2) is 26.3 Å². The molecule has 44 heavy (non-hydrogen) atoms. The largest absolute Gasteiger partial charge is 0.471 e. The van der Waals surface area contributed by atoms with Crippen LogP contribution < -0.4 is 10.5 Å². The highest BCUT2D eigenvalue weighted by Crippen LogP contribution is 2.59. The number of halogens is 13. The number of carbonyl (C=O) groups is 2. The highest BCUT2D eigenvalue weighted by Gasteiger charge is 2.72. The van der Waals surface area contributed by atoms with Gasteiger partial charge in [0.15, 0.2) is 34.9 Å². The summed E-state index contributed by atoms with van der Waals surface area (Å²) in [5.41, 5.74) is -10.9. The van der Waals surface area contributed by atoms with Crippen LogP contribution in [0, 0.1) is 34.9 Å². The lowest BCUT2D eigenvalue weighted by molar-refractivity contribution is -0.295. The molecule has 0 fully saturated rings. The molecule has 0 aliphatic rings. The normalized spacial score (nSPS) is 12.5. The van der Waals surface area contributed by atoms with E-state index in [0.29, 0.717) is 0 Å². The van der Waals surface area contributed by atoms with Gasteiger partial charge in [0.2, 0.25) is 0 Å². The molecule has 0 aliphatic carbocycles. The van der Waals surface area contributed by atoms with Gasteiger partial charge in [0.05, 0.1) is 6.61 Å². The van der Waals surface area contributed by atoms with Crippen molar-refractivity contribution in [2.75, 3.05) is 23.6 Å². The maximum atomic E-state index is 15.8. The van der Waals surface area contributed by atoms with Crippen LogP contribution in [-0.2, 0) is 18.9 Å². The highest BCUT2D eigenvalue weighted by atomic mass is 31.2.